The van der Waals surface area contributed by atoms with Crippen LogP contribution in [0.2, 0.25) is 0 Å². The zero-order valence-corrected chi connectivity index (χ0v) is 16.7. The number of hydrogen-bond donors (Lipinski definition) is 4. The van der Waals surface area contributed by atoms with Crippen molar-refractivity contribution in [3.63, 3.8) is 0 Å². The molecule has 0 saturated heterocycles. The second kappa shape index (κ2) is 8.28. The summed E-state index contributed by atoms with van der Waals surface area (Å²) in [6.07, 6.45) is 5.77. The van der Waals surface area contributed by atoms with E-state index in [4.69, 9.17) is 5.73 Å². The van der Waals surface area contributed by atoms with Gasteiger partial charge in [0, 0.05) is 24.1 Å². The fraction of sp³-hybridized carbons (Fsp3) is 0.227. The molecule has 4 rings (SSSR count). The summed E-state index contributed by atoms with van der Waals surface area (Å²) in [5, 5.41) is 12.5. The minimum atomic E-state index is -0.363. The zero-order valence-electron chi connectivity index (χ0n) is 16.7. The number of nitrogens with two attached hydrogens (primary N) is 1. The predicted octanol–water partition coefficient (Wildman–Crippen LogP) is 3.78. The van der Waals surface area contributed by atoms with Gasteiger partial charge < -0.3 is 21.7 Å². The standard InChI is InChI=1S/C22H24N6O2/c1-28-20(23)18(13-24-28)21(29)25-15-8-5-9-16(12-15)26-22(30)27-19-11-4-7-14-6-2-3-10-17(14)19/h4-5,7-9,11-13H,2-3,6,10,23H2,1H3,(H,25,29)(H2,26,27,30). The normalized spacial score (nSPS) is 12.7. The number of carbonyl (C=O) groups is 2. The van der Waals surface area contributed by atoms with E-state index in [0.717, 1.165) is 24.9 Å². The van der Waals surface area contributed by atoms with Crippen molar-refractivity contribution in [1.82, 2.24) is 9.78 Å². The van der Waals surface area contributed by atoms with E-state index in [-0.39, 0.29) is 17.8 Å². The molecule has 5 N–H and O–H groups in total. The van der Waals surface area contributed by atoms with Gasteiger partial charge in [0.25, 0.3) is 5.91 Å². The lowest BCUT2D eigenvalue weighted by molar-refractivity contribution is 0.102. The van der Waals surface area contributed by atoms with Gasteiger partial charge in [-0.1, -0.05) is 18.2 Å². The van der Waals surface area contributed by atoms with Crippen LogP contribution in [-0.2, 0) is 19.9 Å². The Labute approximate surface area is 174 Å². The lowest BCUT2D eigenvalue weighted by Crippen LogP contribution is -2.21. The van der Waals surface area contributed by atoms with E-state index in [1.807, 2.05) is 12.1 Å². The minimum absolute atomic E-state index is 0.285. The van der Waals surface area contributed by atoms with Gasteiger partial charge >= 0.3 is 6.03 Å². The highest BCUT2D eigenvalue weighted by Gasteiger charge is 2.16. The number of nitrogens with one attached hydrogen (secondary N) is 3. The SMILES string of the molecule is Cn1ncc(C(=O)Nc2cccc(NC(=O)Nc3cccc4c3CCCC4)c2)c1N. The van der Waals surface area contributed by atoms with E-state index in [0.29, 0.717) is 16.9 Å². The molecule has 0 fully saturated rings. The first-order chi connectivity index (χ1) is 14.5. The molecule has 0 spiro atoms. The number of urea groups is 1. The van der Waals surface area contributed by atoms with Crippen LogP contribution in [0, 0.1) is 0 Å². The molecule has 30 heavy (non-hydrogen) atoms. The van der Waals surface area contributed by atoms with Crippen molar-refractivity contribution in [2.45, 2.75) is 25.7 Å². The maximum Gasteiger partial charge on any atom is 0.323 e. The van der Waals surface area contributed by atoms with E-state index in [9.17, 15) is 9.59 Å². The van der Waals surface area contributed by atoms with Crippen LogP contribution in [0.5, 0.6) is 0 Å². The highest BCUT2D eigenvalue weighted by atomic mass is 16.2. The molecule has 0 bridgehead atoms. The molecule has 0 unspecified atom stereocenters. The number of nitrogen functional groups attached to an aromatic ring is 1. The summed E-state index contributed by atoms with van der Waals surface area (Å²) in [6.45, 7) is 0. The van der Waals surface area contributed by atoms with Crippen molar-refractivity contribution in [2.75, 3.05) is 21.7 Å². The molecule has 8 heteroatoms. The topological polar surface area (TPSA) is 114 Å². The Morgan fingerprint density at radius 2 is 1.73 bits per heavy atom. The van der Waals surface area contributed by atoms with Gasteiger partial charge in [0.2, 0.25) is 0 Å². The number of aromatic nitrogens is 2. The van der Waals surface area contributed by atoms with Crippen molar-refractivity contribution >= 4 is 34.8 Å². The molecule has 0 radical (unpaired) electrons. The van der Waals surface area contributed by atoms with Crippen molar-refractivity contribution in [3.8, 4) is 0 Å². The predicted molar refractivity (Wildman–Crippen MR) is 118 cm³/mol. The second-order valence-electron chi connectivity index (χ2n) is 7.33. The van der Waals surface area contributed by atoms with Crippen LogP contribution in [0.25, 0.3) is 0 Å². The number of hydrogen-bond acceptors (Lipinski definition) is 4. The van der Waals surface area contributed by atoms with Crippen LogP contribution >= 0.6 is 0 Å². The molecule has 0 saturated carbocycles. The first-order valence-corrected chi connectivity index (χ1v) is 9.89. The number of nitrogens with zero attached hydrogens (tertiary/aromatic N) is 2. The molecule has 0 atom stereocenters. The molecule has 1 heterocycles. The van der Waals surface area contributed by atoms with E-state index < -0.39 is 0 Å². The van der Waals surface area contributed by atoms with Crippen molar-refractivity contribution < 1.29 is 9.59 Å². The van der Waals surface area contributed by atoms with Crippen LogP contribution in [0.3, 0.4) is 0 Å². The van der Waals surface area contributed by atoms with E-state index in [1.54, 1.807) is 31.3 Å². The Morgan fingerprint density at radius 3 is 2.50 bits per heavy atom. The summed E-state index contributed by atoms with van der Waals surface area (Å²) in [5.74, 6) is -0.0783. The summed E-state index contributed by atoms with van der Waals surface area (Å²) < 4.78 is 1.43. The second-order valence-corrected chi connectivity index (χ2v) is 7.33. The molecule has 1 aromatic heterocycles. The third-order valence-corrected chi connectivity index (χ3v) is 5.25. The van der Waals surface area contributed by atoms with Crippen molar-refractivity contribution in [3.05, 3.63) is 65.4 Å². The first kappa shape index (κ1) is 19.5. The average Bonchev–Trinajstić information content (AvgIpc) is 3.07. The number of aryl methyl sites for hydroxylation is 2. The average molecular weight is 404 g/mol. The largest absolute Gasteiger partial charge is 0.383 e. The van der Waals surface area contributed by atoms with Crippen LogP contribution in [0.1, 0.15) is 34.3 Å². The van der Waals surface area contributed by atoms with Gasteiger partial charge in [-0.15, -0.1) is 0 Å². The van der Waals surface area contributed by atoms with Gasteiger partial charge in [-0.3, -0.25) is 9.48 Å². The molecular formula is C22H24N6O2. The zero-order chi connectivity index (χ0) is 21.1. The van der Waals surface area contributed by atoms with Gasteiger partial charge in [-0.25, -0.2) is 4.79 Å². The minimum Gasteiger partial charge on any atom is -0.383 e. The molecule has 1 aliphatic carbocycles. The van der Waals surface area contributed by atoms with E-state index >= 15 is 0 Å². The van der Waals surface area contributed by atoms with Gasteiger partial charge in [0.15, 0.2) is 0 Å². The quantitative estimate of drug-likeness (QED) is 0.530. The Morgan fingerprint density at radius 1 is 1.00 bits per heavy atom. The molecule has 3 aromatic rings. The maximum atomic E-state index is 12.5. The third-order valence-electron chi connectivity index (χ3n) is 5.25. The number of carbonyl (C=O) groups excluding carboxylic acids is 2. The third kappa shape index (κ3) is 4.12. The smallest absolute Gasteiger partial charge is 0.323 e. The number of fused-ring (bicyclic) bond motifs is 1. The molecule has 0 aliphatic heterocycles. The van der Waals surface area contributed by atoms with E-state index in [1.165, 1.54) is 28.4 Å². The number of rotatable bonds is 4. The summed E-state index contributed by atoms with van der Waals surface area (Å²) >= 11 is 0. The summed E-state index contributed by atoms with van der Waals surface area (Å²) in [4.78, 5) is 24.9. The fourth-order valence-electron chi connectivity index (χ4n) is 3.68. The number of anilines is 4. The van der Waals surface area contributed by atoms with Crippen LogP contribution in [0.4, 0.5) is 27.7 Å². The first-order valence-electron chi connectivity index (χ1n) is 9.89. The Balaban J connectivity index is 1.43. The van der Waals surface area contributed by atoms with Gasteiger partial charge in [0.05, 0.1) is 6.20 Å². The van der Waals surface area contributed by atoms with E-state index in [2.05, 4.69) is 27.1 Å². The molecule has 1 aliphatic rings. The highest BCUT2D eigenvalue weighted by molar-refractivity contribution is 6.07. The number of amides is 3. The Bertz CT molecular complexity index is 1100. The van der Waals surface area contributed by atoms with Crippen LogP contribution in [-0.4, -0.2) is 21.7 Å². The molecular weight excluding hydrogens is 380 g/mol. The summed E-state index contributed by atoms with van der Waals surface area (Å²) in [5.41, 5.74) is 10.6. The monoisotopic (exact) mass is 404 g/mol. The molecule has 8 nitrogen and oxygen atoms in total. The number of benzene rings is 2. The van der Waals surface area contributed by atoms with Gasteiger partial charge in [-0.05, 0) is 61.1 Å². The fourth-order valence-corrected chi connectivity index (χ4v) is 3.68. The lowest BCUT2D eigenvalue weighted by Gasteiger charge is -2.19. The molecule has 154 valence electrons. The van der Waals surface area contributed by atoms with Crippen molar-refractivity contribution in [2.24, 2.45) is 7.05 Å². The molecule has 2 aromatic carbocycles. The Kier molecular flexibility index (Phi) is 5.38. The summed E-state index contributed by atoms with van der Waals surface area (Å²) in [7, 11) is 1.67. The van der Waals surface area contributed by atoms with Gasteiger partial charge in [0.1, 0.15) is 11.4 Å². The molecule has 3 amide bonds. The maximum absolute atomic E-state index is 12.5. The summed E-state index contributed by atoms with van der Waals surface area (Å²) in [6, 6.07) is 12.6. The van der Waals surface area contributed by atoms with Gasteiger partial charge in [-0.2, -0.15) is 5.10 Å². The highest BCUT2D eigenvalue weighted by Crippen LogP contribution is 2.28. The van der Waals surface area contributed by atoms with Crippen LogP contribution in [0.15, 0.2) is 48.7 Å². The van der Waals surface area contributed by atoms with Crippen LogP contribution < -0.4 is 21.7 Å². The lowest BCUT2D eigenvalue weighted by atomic mass is 9.90. The Hall–Kier alpha value is -3.81. The van der Waals surface area contributed by atoms with Crippen molar-refractivity contribution in [1.29, 1.82) is 0 Å².